The third kappa shape index (κ3) is 7.50. The fraction of sp³-hybridized carbons (Fsp3) is 0.636. The Kier molecular flexibility index (Phi) is 9.28. The average Bonchev–Trinajstić information content (AvgIpc) is 2.70. The average molecular weight is 388 g/mol. The third-order valence-electron chi connectivity index (χ3n) is 5.33. The highest BCUT2D eigenvalue weighted by molar-refractivity contribution is 5.94. The molecule has 156 valence electrons. The zero-order valence-electron chi connectivity index (χ0n) is 18.0. The molecule has 1 aromatic rings. The molecule has 1 aromatic carbocycles. The van der Waals surface area contributed by atoms with Crippen molar-refractivity contribution in [2.24, 2.45) is 10.9 Å². The summed E-state index contributed by atoms with van der Waals surface area (Å²) in [6.07, 6.45) is 4.64. The molecule has 1 amide bonds. The maximum Gasteiger partial charge on any atom is 0.253 e. The largest absolute Gasteiger partial charge is 0.356 e. The number of benzene rings is 1. The number of carbonyl (C=O) groups excluding carboxylic acids is 1. The molecule has 1 aliphatic rings. The second-order valence-corrected chi connectivity index (χ2v) is 7.95. The lowest BCUT2D eigenvalue weighted by Gasteiger charge is -2.30. The lowest BCUT2D eigenvalue weighted by atomic mass is 9.99. The number of nitrogens with zero attached hydrogens (tertiary/aromatic N) is 3. The first-order valence-corrected chi connectivity index (χ1v) is 10.5. The molecule has 1 saturated heterocycles. The summed E-state index contributed by atoms with van der Waals surface area (Å²) in [4.78, 5) is 20.6. The van der Waals surface area contributed by atoms with Crippen LogP contribution >= 0.6 is 0 Å². The van der Waals surface area contributed by atoms with Crippen LogP contribution < -0.4 is 10.6 Å². The summed E-state index contributed by atoms with van der Waals surface area (Å²) in [5, 5.41) is 6.76. The fourth-order valence-electron chi connectivity index (χ4n) is 3.46. The van der Waals surface area contributed by atoms with Crippen molar-refractivity contribution in [2.45, 2.75) is 32.6 Å². The number of rotatable bonds is 8. The van der Waals surface area contributed by atoms with Crippen LogP contribution in [0.5, 0.6) is 0 Å². The van der Waals surface area contributed by atoms with Crippen molar-refractivity contribution >= 4 is 11.9 Å². The monoisotopic (exact) mass is 387 g/mol. The normalized spacial score (nSPS) is 16.1. The summed E-state index contributed by atoms with van der Waals surface area (Å²) in [7, 11) is 5.35. The van der Waals surface area contributed by atoms with Crippen LogP contribution in [0, 0.1) is 5.92 Å². The molecular formula is C22H37N5O. The first-order valence-electron chi connectivity index (χ1n) is 10.5. The number of amides is 1. The number of hydrogen-bond donors (Lipinski definition) is 2. The van der Waals surface area contributed by atoms with E-state index in [2.05, 4.69) is 33.5 Å². The lowest BCUT2D eigenvalue weighted by Crippen LogP contribution is -2.40. The van der Waals surface area contributed by atoms with Gasteiger partial charge in [-0.15, -0.1) is 0 Å². The Morgan fingerprint density at radius 3 is 2.61 bits per heavy atom. The fourth-order valence-corrected chi connectivity index (χ4v) is 3.46. The van der Waals surface area contributed by atoms with Gasteiger partial charge in [-0.3, -0.25) is 9.79 Å². The Labute approximate surface area is 170 Å². The molecule has 0 aliphatic carbocycles. The van der Waals surface area contributed by atoms with Gasteiger partial charge in [-0.1, -0.05) is 19.1 Å². The van der Waals surface area contributed by atoms with Gasteiger partial charge in [-0.2, -0.15) is 0 Å². The van der Waals surface area contributed by atoms with Gasteiger partial charge in [0.1, 0.15) is 0 Å². The van der Waals surface area contributed by atoms with Crippen molar-refractivity contribution in [2.75, 3.05) is 53.9 Å². The minimum Gasteiger partial charge on any atom is -0.356 e. The van der Waals surface area contributed by atoms with Crippen molar-refractivity contribution in [1.29, 1.82) is 0 Å². The van der Waals surface area contributed by atoms with Gasteiger partial charge in [0, 0.05) is 39.8 Å². The third-order valence-corrected chi connectivity index (χ3v) is 5.33. The number of carbonyl (C=O) groups is 1. The van der Waals surface area contributed by atoms with Gasteiger partial charge in [0.2, 0.25) is 0 Å². The van der Waals surface area contributed by atoms with Gasteiger partial charge >= 0.3 is 0 Å². The molecule has 2 rings (SSSR count). The highest BCUT2D eigenvalue weighted by atomic mass is 16.2. The summed E-state index contributed by atoms with van der Waals surface area (Å²) in [6.45, 7) is 7.70. The standard InChI is InChI=1S/C22H37N5O/c1-18-10-15-27(16-11-18)14-6-12-24-22(23-2)25-13-9-19-7-5-8-20(17-19)21(28)26(3)4/h5,7-8,17-18H,6,9-16H2,1-4H3,(H2,23,24,25). The maximum atomic E-state index is 12.1. The first-order chi connectivity index (χ1) is 13.5. The van der Waals surface area contributed by atoms with E-state index in [1.165, 1.54) is 25.9 Å². The van der Waals surface area contributed by atoms with E-state index in [4.69, 9.17) is 0 Å². The van der Waals surface area contributed by atoms with Crippen LogP contribution in [0.3, 0.4) is 0 Å². The highest BCUT2D eigenvalue weighted by Gasteiger charge is 2.14. The van der Waals surface area contributed by atoms with Crippen molar-refractivity contribution in [3.63, 3.8) is 0 Å². The number of nitrogens with one attached hydrogen (secondary N) is 2. The van der Waals surface area contributed by atoms with E-state index in [1.807, 2.05) is 18.2 Å². The van der Waals surface area contributed by atoms with E-state index in [-0.39, 0.29) is 5.91 Å². The van der Waals surface area contributed by atoms with Crippen LogP contribution in [-0.4, -0.2) is 75.5 Å². The summed E-state index contributed by atoms with van der Waals surface area (Å²) in [6, 6.07) is 7.84. The maximum absolute atomic E-state index is 12.1. The molecule has 0 atom stereocenters. The van der Waals surface area contributed by atoms with E-state index in [1.54, 1.807) is 26.0 Å². The van der Waals surface area contributed by atoms with E-state index in [9.17, 15) is 4.79 Å². The lowest BCUT2D eigenvalue weighted by molar-refractivity contribution is 0.0827. The van der Waals surface area contributed by atoms with Gasteiger partial charge in [0.05, 0.1) is 0 Å². The van der Waals surface area contributed by atoms with Crippen LogP contribution in [0.1, 0.15) is 42.1 Å². The van der Waals surface area contributed by atoms with Gasteiger partial charge < -0.3 is 20.4 Å². The zero-order valence-corrected chi connectivity index (χ0v) is 18.0. The van der Waals surface area contributed by atoms with Crippen molar-refractivity contribution in [1.82, 2.24) is 20.4 Å². The summed E-state index contributed by atoms with van der Waals surface area (Å²) >= 11 is 0. The Morgan fingerprint density at radius 2 is 1.93 bits per heavy atom. The molecule has 0 bridgehead atoms. The topological polar surface area (TPSA) is 60.0 Å². The molecule has 6 heteroatoms. The Bertz CT molecular complexity index is 636. The van der Waals surface area contributed by atoms with Crippen molar-refractivity contribution in [3.8, 4) is 0 Å². The van der Waals surface area contributed by atoms with Gasteiger partial charge in [-0.25, -0.2) is 0 Å². The number of hydrogen-bond acceptors (Lipinski definition) is 3. The molecule has 1 fully saturated rings. The summed E-state index contributed by atoms with van der Waals surface area (Å²) in [5.74, 6) is 1.77. The number of likely N-dealkylation sites (tertiary alicyclic amines) is 1. The van der Waals surface area contributed by atoms with Crippen LogP contribution in [0.4, 0.5) is 0 Å². The molecule has 0 unspecified atom stereocenters. The van der Waals surface area contributed by atoms with Crippen LogP contribution in [0.15, 0.2) is 29.3 Å². The number of aliphatic imine (C=N–C) groups is 1. The van der Waals surface area contributed by atoms with Crippen molar-refractivity contribution < 1.29 is 4.79 Å². The smallest absolute Gasteiger partial charge is 0.253 e. The van der Waals surface area contributed by atoms with Gasteiger partial charge in [-0.05, 0) is 68.9 Å². The van der Waals surface area contributed by atoms with Crippen LogP contribution in [0.2, 0.25) is 0 Å². The SMILES string of the molecule is CN=C(NCCCN1CCC(C)CC1)NCCc1cccc(C(=O)N(C)C)c1. The van der Waals surface area contributed by atoms with E-state index < -0.39 is 0 Å². The summed E-state index contributed by atoms with van der Waals surface area (Å²) < 4.78 is 0. The van der Waals surface area contributed by atoms with E-state index in [0.29, 0.717) is 0 Å². The molecule has 0 aromatic heterocycles. The molecule has 2 N–H and O–H groups in total. The molecule has 0 saturated carbocycles. The zero-order chi connectivity index (χ0) is 20.4. The predicted molar refractivity (Wildman–Crippen MR) is 117 cm³/mol. The molecule has 0 radical (unpaired) electrons. The van der Waals surface area contributed by atoms with Crippen LogP contribution in [0.25, 0.3) is 0 Å². The molecule has 6 nitrogen and oxygen atoms in total. The Morgan fingerprint density at radius 1 is 1.21 bits per heavy atom. The predicted octanol–water partition coefficient (Wildman–Crippen LogP) is 2.22. The second-order valence-electron chi connectivity index (χ2n) is 7.95. The Hall–Kier alpha value is -2.08. The van der Waals surface area contributed by atoms with Crippen molar-refractivity contribution in [3.05, 3.63) is 35.4 Å². The highest BCUT2D eigenvalue weighted by Crippen LogP contribution is 2.15. The quantitative estimate of drug-likeness (QED) is 0.408. The second kappa shape index (κ2) is 11.7. The molecule has 28 heavy (non-hydrogen) atoms. The first kappa shape index (κ1) is 22.2. The number of piperidine rings is 1. The molecule has 0 spiro atoms. The minimum absolute atomic E-state index is 0.0375. The molecular weight excluding hydrogens is 350 g/mol. The number of guanidine groups is 1. The summed E-state index contributed by atoms with van der Waals surface area (Å²) in [5.41, 5.74) is 1.88. The Balaban J connectivity index is 1.65. The van der Waals surface area contributed by atoms with E-state index in [0.717, 1.165) is 55.5 Å². The van der Waals surface area contributed by atoms with Gasteiger partial charge in [0.15, 0.2) is 5.96 Å². The van der Waals surface area contributed by atoms with Crippen LogP contribution in [-0.2, 0) is 6.42 Å². The minimum atomic E-state index is 0.0375. The molecule has 1 heterocycles. The van der Waals surface area contributed by atoms with Gasteiger partial charge in [0.25, 0.3) is 5.91 Å². The van der Waals surface area contributed by atoms with E-state index >= 15 is 0 Å². The molecule has 1 aliphatic heterocycles.